The lowest BCUT2D eigenvalue weighted by atomic mass is 9.86. The molecule has 2 aromatic carbocycles. The predicted molar refractivity (Wildman–Crippen MR) is 132 cm³/mol. The maximum Gasteiger partial charge on any atom is 0.273 e. The van der Waals surface area contributed by atoms with E-state index in [1.54, 1.807) is 24.3 Å². The number of nitro groups is 2. The first-order valence-corrected chi connectivity index (χ1v) is 11.5. The number of nitrogens with zero attached hydrogens (tertiary/aromatic N) is 3. The van der Waals surface area contributed by atoms with Crippen molar-refractivity contribution < 1.29 is 14.6 Å². The van der Waals surface area contributed by atoms with Crippen molar-refractivity contribution in [2.24, 2.45) is 0 Å². The number of halogens is 1. The third-order valence-corrected chi connectivity index (χ3v) is 6.59. The zero-order valence-corrected chi connectivity index (χ0v) is 20.6. The number of thiazole rings is 1. The van der Waals surface area contributed by atoms with Gasteiger partial charge in [-0.05, 0) is 30.7 Å². The molecule has 1 heterocycles. The molecule has 1 aromatic heterocycles. The zero-order chi connectivity index (χ0) is 25.2. The van der Waals surface area contributed by atoms with Crippen LogP contribution in [0, 0.1) is 27.2 Å². The van der Waals surface area contributed by atoms with Gasteiger partial charge in [0.1, 0.15) is 0 Å². The number of hydrogen-bond donors (Lipinski definition) is 1. The Bertz CT molecular complexity index is 1250. The summed E-state index contributed by atoms with van der Waals surface area (Å²) in [5, 5.41) is 26.3. The molecular formula is C23H23ClN4O5S. The standard InChI is InChI=1S/C23H23ClN4O5S/c1-13-16(6-5-7-18(13)28(32)33)21(29)26-22-25-20(23(2,3)4)19(34-22)17(12-27(30)31)14-8-10-15(24)11-9-14/h5-11,17H,12H2,1-4H3,(H,25,26,29). The van der Waals surface area contributed by atoms with E-state index in [-0.39, 0.29) is 33.4 Å². The van der Waals surface area contributed by atoms with Crippen molar-refractivity contribution in [3.05, 3.63) is 95.0 Å². The van der Waals surface area contributed by atoms with Gasteiger partial charge >= 0.3 is 0 Å². The highest BCUT2D eigenvalue weighted by Gasteiger charge is 2.32. The van der Waals surface area contributed by atoms with Gasteiger partial charge < -0.3 is 0 Å². The summed E-state index contributed by atoms with van der Waals surface area (Å²) in [5.41, 5.74) is 1.12. The molecule has 3 aromatic rings. The van der Waals surface area contributed by atoms with Crippen LogP contribution in [0.3, 0.4) is 0 Å². The molecule has 1 atom stereocenters. The molecule has 0 aliphatic rings. The summed E-state index contributed by atoms with van der Waals surface area (Å²) < 4.78 is 0. The van der Waals surface area contributed by atoms with E-state index >= 15 is 0 Å². The fourth-order valence-corrected chi connectivity index (χ4v) is 4.99. The molecule has 0 bridgehead atoms. The number of carbonyl (C=O) groups is 1. The van der Waals surface area contributed by atoms with Gasteiger partial charge in [0, 0.05) is 37.4 Å². The Morgan fingerprint density at radius 3 is 2.35 bits per heavy atom. The van der Waals surface area contributed by atoms with Crippen LogP contribution < -0.4 is 5.32 Å². The van der Waals surface area contributed by atoms with E-state index in [1.807, 2.05) is 20.8 Å². The lowest BCUT2D eigenvalue weighted by Gasteiger charge is -2.21. The summed E-state index contributed by atoms with van der Waals surface area (Å²) in [4.78, 5) is 40.0. The second-order valence-electron chi connectivity index (χ2n) is 8.76. The van der Waals surface area contributed by atoms with Gasteiger partial charge in [-0.15, -0.1) is 11.3 Å². The van der Waals surface area contributed by atoms with Crippen LogP contribution in [-0.2, 0) is 5.41 Å². The van der Waals surface area contributed by atoms with Gasteiger partial charge in [0.25, 0.3) is 11.6 Å². The largest absolute Gasteiger partial charge is 0.298 e. The number of aromatic nitrogens is 1. The topological polar surface area (TPSA) is 128 Å². The molecule has 0 radical (unpaired) electrons. The Morgan fingerprint density at radius 2 is 1.79 bits per heavy atom. The molecule has 11 heteroatoms. The Hall–Kier alpha value is -3.37. The van der Waals surface area contributed by atoms with Gasteiger partial charge in [-0.3, -0.25) is 30.3 Å². The van der Waals surface area contributed by atoms with Crippen LogP contribution in [0.1, 0.15) is 58.7 Å². The van der Waals surface area contributed by atoms with Crippen LogP contribution in [0.5, 0.6) is 0 Å². The molecule has 0 aliphatic carbocycles. The highest BCUT2D eigenvalue weighted by atomic mass is 35.5. The van der Waals surface area contributed by atoms with E-state index in [1.165, 1.54) is 25.1 Å². The molecule has 3 rings (SSSR count). The number of amides is 1. The zero-order valence-electron chi connectivity index (χ0n) is 19.0. The van der Waals surface area contributed by atoms with E-state index in [0.717, 1.165) is 11.3 Å². The monoisotopic (exact) mass is 502 g/mol. The highest BCUT2D eigenvalue weighted by molar-refractivity contribution is 7.16. The van der Waals surface area contributed by atoms with Crippen molar-refractivity contribution in [2.75, 3.05) is 11.9 Å². The van der Waals surface area contributed by atoms with Gasteiger partial charge in [0.05, 0.1) is 16.5 Å². The van der Waals surface area contributed by atoms with E-state index in [9.17, 15) is 25.0 Å². The van der Waals surface area contributed by atoms with E-state index in [4.69, 9.17) is 11.6 Å². The van der Waals surface area contributed by atoms with Crippen LogP contribution in [-0.4, -0.2) is 27.3 Å². The molecule has 34 heavy (non-hydrogen) atoms. The second kappa shape index (κ2) is 9.86. The number of hydrogen-bond acceptors (Lipinski definition) is 7. The first-order chi connectivity index (χ1) is 15.9. The predicted octanol–water partition coefficient (Wildman–Crippen LogP) is 5.97. The summed E-state index contributed by atoms with van der Waals surface area (Å²) >= 11 is 7.16. The molecule has 178 valence electrons. The van der Waals surface area contributed by atoms with Gasteiger partial charge in [-0.1, -0.05) is 50.6 Å². The molecular weight excluding hydrogens is 480 g/mol. The molecule has 1 unspecified atom stereocenters. The number of benzene rings is 2. The number of carbonyl (C=O) groups excluding carboxylic acids is 1. The highest BCUT2D eigenvalue weighted by Crippen LogP contribution is 2.40. The normalized spacial score (nSPS) is 12.3. The average molecular weight is 503 g/mol. The van der Waals surface area contributed by atoms with E-state index in [2.05, 4.69) is 10.3 Å². The minimum atomic E-state index is -0.593. The molecule has 9 nitrogen and oxygen atoms in total. The van der Waals surface area contributed by atoms with Gasteiger partial charge in [-0.2, -0.15) is 0 Å². The number of anilines is 1. The summed E-state index contributed by atoms with van der Waals surface area (Å²) in [7, 11) is 0. The lowest BCUT2D eigenvalue weighted by molar-refractivity contribution is -0.481. The van der Waals surface area contributed by atoms with Gasteiger partial charge in [0.2, 0.25) is 6.54 Å². The maximum atomic E-state index is 12.9. The summed E-state index contributed by atoms with van der Waals surface area (Å²) in [6, 6.07) is 11.1. The minimum absolute atomic E-state index is 0.155. The van der Waals surface area contributed by atoms with Crippen LogP contribution in [0.15, 0.2) is 42.5 Å². The van der Waals surface area contributed by atoms with Crippen molar-refractivity contribution in [2.45, 2.75) is 39.0 Å². The van der Waals surface area contributed by atoms with Gasteiger partial charge in [-0.25, -0.2) is 4.98 Å². The number of rotatable bonds is 7. The molecule has 1 N–H and O–H groups in total. The van der Waals surface area contributed by atoms with Crippen molar-refractivity contribution >= 4 is 39.7 Å². The molecule has 1 amide bonds. The molecule has 0 fully saturated rings. The Balaban J connectivity index is 2.05. The van der Waals surface area contributed by atoms with Crippen molar-refractivity contribution in [1.82, 2.24) is 4.98 Å². The number of nitrogens with one attached hydrogen (secondary N) is 1. The van der Waals surface area contributed by atoms with Crippen LogP contribution >= 0.6 is 22.9 Å². The minimum Gasteiger partial charge on any atom is -0.298 e. The molecule has 0 saturated carbocycles. The summed E-state index contributed by atoms with van der Waals surface area (Å²) in [6.45, 7) is 6.96. The second-order valence-corrected chi connectivity index (χ2v) is 10.2. The third-order valence-electron chi connectivity index (χ3n) is 5.25. The summed E-state index contributed by atoms with van der Waals surface area (Å²) in [6.07, 6.45) is 0. The molecule has 0 spiro atoms. The van der Waals surface area contributed by atoms with Crippen molar-refractivity contribution in [3.63, 3.8) is 0 Å². The third kappa shape index (κ3) is 5.57. The smallest absolute Gasteiger partial charge is 0.273 e. The first kappa shape index (κ1) is 25.3. The molecule has 0 saturated heterocycles. The quantitative estimate of drug-likeness (QED) is 0.313. The Labute approximate surface area is 205 Å². The number of nitro benzene ring substituents is 1. The Kier molecular flexibility index (Phi) is 7.32. The van der Waals surface area contributed by atoms with E-state index in [0.29, 0.717) is 21.2 Å². The van der Waals surface area contributed by atoms with E-state index < -0.39 is 22.2 Å². The fourth-order valence-electron chi connectivity index (χ4n) is 3.57. The fraction of sp³-hybridized carbons (Fsp3) is 0.304. The van der Waals surface area contributed by atoms with Crippen molar-refractivity contribution in [1.29, 1.82) is 0 Å². The van der Waals surface area contributed by atoms with Crippen LogP contribution in [0.25, 0.3) is 0 Å². The van der Waals surface area contributed by atoms with Crippen LogP contribution in [0.2, 0.25) is 5.02 Å². The van der Waals surface area contributed by atoms with Crippen molar-refractivity contribution in [3.8, 4) is 0 Å². The first-order valence-electron chi connectivity index (χ1n) is 10.3. The van der Waals surface area contributed by atoms with Gasteiger partial charge in [0.15, 0.2) is 5.13 Å². The van der Waals surface area contributed by atoms with Crippen LogP contribution in [0.4, 0.5) is 10.8 Å². The maximum absolute atomic E-state index is 12.9. The average Bonchev–Trinajstić information content (AvgIpc) is 3.16. The lowest BCUT2D eigenvalue weighted by Crippen LogP contribution is -2.20. The SMILES string of the molecule is Cc1c(C(=O)Nc2nc(C(C)(C)C)c(C(C[N+](=O)[O-])c3ccc(Cl)cc3)s2)cccc1[N+](=O)[O-]. The Morgan fingerprint density at radius 1 is 1.15 bits per heavy atom. The summed E-state index contributed by atoms with van der Waals surface area (Å²) in [5.74, 6) is -1.14. The molecule has 0 aliphatic heterocycles.